The zero-order chi connectivity index (χ0) is 27.1. The first kappa shape index (κ1) is 26.3. The first-order valence-electron chi connectivity index (χ1n) is 12.7. The van der Waals surface area contributed by atoms with Crippen LogP contribution < -0.4 is 0 Å². The quantitative estimate of drug-likeness (QED) is 0.381. The lowest BCUT2D eigenvalue weighted by Gasteiger charge is -2.44. The van der Waals surface area contributed by atoms with Gasteiger partial charge in [-0.05, 0) is 50.1 Å². The fraction of sp³-hybridized carbons (Fsp3) is 0.393. The molecule has 10 heteroatoms. The summed E-state index contributed by atoms with van der Waals surface area (Å²) < 4.78 is 13.3. The Morgan fingerprint density at radius 3 is 2.47 bits per heavy atom. The van der Waals surface area contributed by atoms with E-state index in [2.05, 4.69) is 9.88 Å². The Labute approximate surface area is 225 Å². The number of hydrogen-bond donors (Lipinski definition) is 2. The van der Waals surface area contributed by atoms with Crippen molar-refractivity contribution in [1.82, 2.24) is 19.7 Å². The number of benzene rings is 2. The van der Waals surface area contributed by atoms with E-state index in [0.717, 1.165) is 5.56 Å². The number of aromatic nitrogens is 1. The van der Waals surface area contributed by atoms with Crippen molar-refractivity contribution in [3.8, 4) is 0 Å². The largest absolute Gasteiger partial charge is 0.391 e. The number of aliphatic hydroxyl groups is 1. The molecule has 5 rings (SSSR count). The maximum absolute atomic E-state index is 13.7. The highest BCUT2D eigenvalue weighted by Gasteiger charge is 2.34. The number of ketones is 1. The number of carbonyl (C=O) groups is 3. The van der Waals surface area contributed by atoms with Crippen molar-refractivity contribution in [3.05, 3.63) is 70.1 Å². The average molecular weight is 541 g/mol. The lowest BCUT2D eigenvalue weighted by atomic mass is 10.0. The number of Topliss-reactive ketones (excluding diaryl/α,β-unsaturated/α-hetero) is 1. The maximum Gasteiger partial charge on any atom is 0.295 e. The molecule has 2 saturated heterocycles. The number of fused-ring (bicyclic) bond motifs is 1. The minimum atomic E-state index is -0.692. The van der Waals surface area contributed by atoms with Crippen LogP contribution in [0.1, 0.15) is 46.5 Å². The molecule has 2 N–H and O–H groups in total. The summed E-state index contributed by atoms with van der Waals surface area (Å²) in [7, 11) is 0. The second-order valence-electron chi connectivity index (χ2n) is 10.3. The van der Waals surface area contributed by atoms with Crippen LogP contribution in [0.3, 0.4) is 0 Å². The Hall–Kier alpha value is -3.27. The number of likely N-dealkylation sites (tertiary alicyclic amines) is 1. The van der Waals surface area contributed by atoms with Crippen LogP contribution in [-0.2, 0) is 11.3 Å². The van der Waals surface area contributed by atoms with Crippen LogP contribution in [0, 0.1) is 5.82 Å². The van der Waals surface area contributed by atoms with Gasteiger partial charge < -0.3 is 19.9 Å². The number of amides is 2. The fourth-order valence-corrected chi connectivity index (χ4v) is 5.60. The molecule has 2 amide bonds. The predicted molar refractivity (Wildman–Crippen MR) is 142 cm³/mol. The van der Waals surface area contributed by atoms with Gasteiger partial charge in [-0.15, -0.1) is 0 Å². The van der Waals surface area contributed by atoms with Gasteiger partial charge >= 0.3 is 0 Å². The Kier molecular flexibility index (Phi) is 7.26. The highest BCUT2D eigenvalue weighted by molar-refractivity contribution is 6.45. The van der Waals surface area contributed by atoms with Crippen molar-refractivity contribution < 1.29 is 23.9 Å². The van der Waals surface area contributed by atoms with Crippen molar-refractivity contribution in [3.63, 3.8) is 0 Å². The van der Waals surface area contributed by atoms with Crippen LogP contribution >= 0.6 is 11.6 Å². The van der Waals surface area contributed by atoms with Gasteiger partial charge in [-0.1, -0.05) is 23.7 Å². The normalized spacial score (nSPS) is 22.3. The third kappa shape index (κ3) is 5.06. The Bertz CT molecular complexity index is 1390. The van der Waals surface area contributed by atoms with Gasteiger partial charge in [0.25, 0.3) is 17.6 Å². The highest BCUT2D eigenvalue weighted by Crippen LogP contribution is 2.30. The van der Waals surface area contributed by atoms with Gasteiger partial charge in [-0.3, -0.25) is 19.3 Å². The van der Waals surface area contributed by atoms with Crippen molar-refractivity contribution >= 4 is 40.1 Å². The monoisotopic (exact) mass is 540 g/mol. The molecule has 0 bridgehead atoms. The van der Waals surface area contributed by atoms with Crippen molar-refractivity contribution in [2.45, 2.75) is 45.0 Å². The highest BCUT2D eigenvalue weighted by atomic mass is 35.5. The number of rotatable bonds is 5. The molecule has 8 nitrogen and oxygen atoms in total. The Morgan fingerprint density at radius 2 is 1.79 bits per heavy atom. The van der Waals surface area contributed by atoms with Crippen molar-refractivity contribution in [2.75, 3.05) is 26.2 Å². The minimum Gasteiger partial charge on any atom is -0.391 e. The summed E-state index contributed by atoms with van der Waals surface area (Å²) in [6.07, 6.45) is 1.27. The second kappa shape index (κ2) is 10.5. The van der Waals surface area contributed by atoms with E-state index in [-0.39, 0.29) is 46.5 Å². The summed E-state index contributed by atoms with van der Waals surface area (Å²) in [5, 5.41) is 10.4. The van der Waals surface area contributed by atoms with Gasteiger partial charge in [0.15, 0.2) is 0 Å². The van der Waals surface area contributed by atoms with E-state index < -0.39 is 17.8 Å². The molecule has 2 aliphatic heterocycles. The molecule has 2 aliphatic rings. The second-order valence-corrected chi connectivity index (χ2v) is 10.7. The topological polar surface area (TPSA) is 97.0 Å². The summed E-state index contributed by atoms with van der Waals surface area (Å²) in [6.45, 7) is 6.24. The number of carbonyl (C=O) groups excluding carboxylic acids is 3. The fourth-order valence-electron chi connectivity index (χ4n) is 5.36. The molecule has 2 aromatic carbocycles. The third-order valence-electron chi connectivity index (χ3n) is 7.56. The Morgan fingerprint density at radius 1 is 1.05 bits per heavy atom. The standard InChI is InChI=1S/C28H30ClFN4O4/c1-16-13-34(17(2)12-33(16)14-18-3-5-19(30)6-4-18)27(37)22-9-21-23(11-31-25(21)10-24(22)29)26(36)28(38)32-8-7-20(35)15-32/h3-6,9-11,16-17,20,31,35H,7-8,12-15H2,1-2H3/t16-,17+,20-/m0/s1. The first-order valence-corrected chi connectivity index (χ1v) is 13.1. The average Bonchev–Trinajstić information content (AvgIpc) is 3.51. The van der Waals surface area contributed by atoms with Crippen molar-refractivity contribution in [1.29, 1.82) is 0 Å². The molecule has 0 saturated carbocycles. The smallest absolute Gasteiger partial charge is 0.295 e. The van der Waals surface area contributed by atoms with E-state index in [1.807, 2.05) is 13.8 Å². The SMILES string of the molecule is C[C@@H]1CN(Cc2ccc(F)cc2)[C@@H](C)CN1C(=O)c1cc2c(C(=O)C(=O)N3CC[C@H](O)C3)c[nH]c2cc1Cl. The van der Waals surface area contributed by atoms with Crippen LogP contribution in [0.4, 0.5) is 4.39 Å². The molecule has 3 aromatic rings. The van der Waals surface area contributed by atoms with E-state index in [9.17, 15) is 23.9 Å². The van der Waals surface area contributed by atoms with E-state index in [0.29, 0.717) is 43.5 Å². The molecule has 0 aliphatic carbocycles. The number of nitrogens with zero attached hydrogens (tertiary/aromatic N) is 3. The van der Waals surface area contributed by atoms with Crippen LogP contribution in [0.2, 0.25) is 5.02 Å². The number of hydrogen-bond acceptors (Lipinski definition) is 5. The van der Waals surface area contributed by atoms with Gasteiger partial charge in [0.2, 0.25) is 0 Å². The molecule has 38 heavy (non-hydrogen) atoms. The Balaban J connectivity index is 1.35. The van der Waals surface area contributed by atoms with Gasteiger partial charge in [0, 0.05) is 61.9 Å². The van der Waals surface area contributed by atoms with Gasteiger partial charge in [0.05, 0.1) is 22.3 Å². The third-order valence-corrected chi connectivity index (χ3v) is 7.88. The predicted octanol–water partition coefficient (Wildman–Crippen LogP) is 3.47. The number of halogens is 2. The van der Waals surface area contributed by atoms with E-state index in [4.69, 9.17) is 11.6 Å². The first-order chi connectivity index (χ1) is 18.1. The van der Waals surface area contributed by atoms with Gasteiger partial charge in [-0.2, -0.15) is 0 Å². The molecule has 2 fully saturated rings. The zero-order valence-electron chi connectivity index (χ0n) is 21.3. The maximum atomic E-state index is 13.7. The molecule has 0 spiro atoms. The molecule has 3 heterocycles. The molecular formula is C28H30ClFN4O4. The summed E-state index contributed by atoms with van der Waals surface area (Å²) in [4.78, 5) is 47.8. The summed E-state index contributed by atoms with van der Waals surface area (Å²) in [5.74, 6) is -1.88. The summed E-state index contributed by atoms with van der Waals surface area (Å²) in [5.41, 5.74) is 1.99. The summed E-state index contributed by atoms with van der Waals surface area (Å²) in [6, 6.07) is 9.56. The van der Waals surface area contributed by atoms with Gasteiger partial charge in [0.1, 0.15) is 5.82 Å². The van der Waals surface area contributed by atoms with Crippen LogP contribution in [-0.4, -0.2) is 86.8 Å². The van der Waals surface area contributed by atoms with Crippen LogP contribution in [0.25, 0.3) is 10.9 Å². The number of aromatic amines is 1. The molecule has 0 radical (unpaired) electrons. The number of H-pyrrole nitrogens is 1. The minimum absolute atomic E-state index is 0.0561. The number of nitrogens with one attached hydrogen (secondary N) is 1. The molecule has 0 unspecified atom stereocenters. The molecule has 3 atom stereocenters. The lowest BCUT2D eigenvalue weighted by Crippen LogP contribution is -2.57. The van der Waals surface area contributed by atoms with Crippen molar-refractivity contribution in [2.24, 2.45) is 0 Å². The van der Waals surface area contributed by atoms with Crippen LogP contribution in [0.15, 0.2) is 42.6 Å². The number of aliphatic hydroxyl groups excluding tert-OH is 1. The summed E-state index contributed by atoms with van der Waals surface area (Å²) >= 11 is 6.52. The van der Waals surface area contributed by atoms with Gasteiger partial charge in [-0.25, -0.2) is 4.39 Å². The van der Waals surface area contributed by atoms with Crippen LogP contribution in [0.5, 0.6) is 0 Å². The zero-order valence-corrected chi connectivity index (χ0v) is 22.0. The number of β-amino-alcohol motifs (C(OH)–C–C–N with tert-alkyl or cyclic N) is 1. The van der Waals surface area contributed by atoms with E-state index in [1.165, 1.54) is 23.2 Å². The molecule has 200 valence electrons. The molecular weight excluding hydrogens is 511 g/mol. The van der Waals surface area contributed by atoms with E-state index in [1.54, 1.807) is 29.2 Å². The molecule has 1 aromatic heterocycles. The van der Waals surface area contributed by atoms with E-state index >= 15 is 0 Å². The lowest BCUT2D eigenvalue weighted by molar-refractivity contribution is -0.125. The number of piperazine rings is 1.